The third-order valence-electron chi connectivity index (χ3n) is 2.44. The van der Waals surface area contributed by atoms with E-state index in [0.29, 0.717) is 6.42 Å². The van der Waals surface area contributed by atoms with Crippen molar-refractivity contribution in [3.63, 3.8) is 0 Å². The molecule has 0 aromatic heterocycles. The van der Waals surface area contributed by atoms with Crippen molar-refractivity contribution in [1.29, 1.82) is 0 Å². The number of rotatable bonds is 1. The van der Waals surface area contributed by atoms with Gasteiger partial charge in [0.15, 0.2) is 0 Å². The number of aliphatic hydroxyl groups is 1. The molecule has 2 unspecified atom stereocenters. The van der Waals surface area contributed by atoms with Crippen LogP contribution in [0.3, 0.4) is 0 Å². The summed E-state index contributed by atoms with van der Waals surface area (Å²) in [6.45, 7) is 0. The van der Waals surface area contributed by atoms with Gasteiger partial charge in [0.05, 0.1) is 6.10 Å². The molecule has 1 saturated carbocycles. The maximum absolute atomic E-state index is 11.5. The summed E-state index contributed by atoms with van der Waals surface area (Å²) in [5, 5.41) is 9.34. The average molecular weight is 171 g/mol. The third-order valence-corrected chi connectivity index (χ3v) is 2.44. The van der Waals surface area contributed by atoms with Crippen molar-refractivity contribution < 1.29 is 9.90 Å². The molecular formula is C9H17NO2. The van der Waals surface area contributed by atoms with Crippen LogP contribution in [0.25, 0.3) is 0 Å². The standard InChI is InChI=1S/C9H17NO2/c1-10(2)9(12)7-4-3-5-8(11)6-7/h7-8,11H,3-6H2,1-2H3. The van der Waals surface area contributed by atoms with Crippen LogP contribution in [0.1, 0.15) is 25.7 Å². The van der Waals surface area contributed by atoms with E-state index in [4.69, 9.17) is 0 Å². The topological polar surface area (TPSA) is 40.5 Å². The molecule has 0 bridgehead atoms. The van der Waals surface area contributed by atoms with E-state index in [-0.39, 0.29) is 17.9 Å². The van der Waals surface area contributed by atoms with Crippen LogP contribution >= 0.6 is 0 Å². The van der Waals surface area contributed by atoms with E-state index in [1.807, 2.05) is 0 Å². The van der Waals surface area contributed by atoms with E-state index in [1.54, 1.807) is 19.0 Å². The Labute approximate surface area is 73.4 Å². The largest absolute Gasteiger partial charge is 0.393 e. The molecule has 70 valence electrons. The number of hydrogen-bond donors (Lipinski definition) is 1. The quantitative estimate of drug-likeness (QED) is 0.628. The highest BCUT2D eigenvalue weighted by Crippen LogP contribution is 2.25. The van der Waals surface area contributed by atoms with Gasteiger partial charge in [0.25, 0.3) is 0 Å². The molecule has 12 heavy (non-hydrogen) atoms. The van der Waals surface area contributed by atoms with Crippen molar-refractivity contribution in [1.82, 2.24) is 4.90 Å². The van der Waals surface area contributed by atoms with Crippen LogP contribution in [0, 0.1) is 5.92 Å². The molecule has 1 aliphatic carbocycles. The van der Waals surface area contributed by atoms with Crippen molar-refractivity contribution in [2.24, 2.45) is 5.92 Å². The maximum Gasteiger partial charge on any atom is 0.225 e. The molecule has 0 aromatic carbocycles. The number of carbonyl (C=O) groups excluding carboxylic acids is 1. The number of hydrogen-bond acceptors (Lipinski definition) is 2. The Morgan fingerprint density at radius 1 is 1.42 bits per heavy atom. The van der Waals surface area contributed by atoms with Gasteiger partial charge >= 0.3 is 0 Å². The zero-order valence-electron chi connectivity index (χ0n) is 7.79. The van der Waals surface area contributed by atoms with Gasteiger partial charge in [-0.3, -0.25) is 4.79 Å². The number of carbonyl (C=O) groups is 1. The molecule has 1 amide bonds. The molecule has 1 rings (SSSR count). The van der Waals surface area contributed by atoms with Gasteiger partial charge in [0.2, 0.25) is 5.91 Å². The Bertz CT molecular complexity index is 168. The number of amides is 1. The van der Waals surface area contributed by atoms with Crippen molar-refractivity contribution >= 4 is 5.91 Å². The lowest BCUT2D eigenvalue weighted by Gasteiger charge is -2.26. The number of nitrogens with zero attached hydrogens (tertiary/aromatic N) is 1. The SMILES string of the molecule is CN(C)C(=O)C1CCCC(O)C1. The smallest absolute Gasteiger partial charge is 0.225 e. The highest BCUT2D eigenvalue weighted by atomic mass is 16.3. The first-order chi connectivity index (χ1) is 5.61. The summed E-state index contributed by atoms with van der Waals surface area (Å²) in [6.07, 6.45) is 3.17. The Balaban J connectivity index is 2.46. The Kier molecular flexibility index (Phi) is 3.09. The van der Waals surface area contributed by atoms with E-state index in [2.05, 4.69) is 0 Å². The predicted molar refractivity (Wildman–Crippen MR) is 46.7 cm³/mol. The minimum absolute atomic E-state index is 0.0590. The summed E-state index contributed by atoms with van der Waals surface area (Å²) in [6, 6.07) is 0. The Hall–Kier alpha value is -0.570. The molecule has 1 aliphatic rings. The fraction of sp³-hybridized carbons (Fsp3) is 0.889. The summed E-state index contributed by atoms with van der Waals surface area (Å²) in [5.41, 5.74) is 0. The van der Waals surface area contributed by atoms with Gasteiger partial charge in [-0.1, -0.05) is 6.42 Å². The first-order valence-electron chi connectivity index (χ1n) is 4.50. The second kappa shape index (κ2) is 3.90. The molecule has 1 fully saturated rings. The van der Waals surface area contributed by atoms with Crippen molar-refractivity contribution in [2.45, 2.75) is 31.8 Å². The second-order valence-corrected chi connectivity index (χ2v) is 3.75. The van der Waals surface area contributed by atoms with Crippen LogP contribution in [-0.4, -0.2) is 36.1 Å². The van der Waals surface area contributed by atoms with Gasteiger partial charge in [0, 0.05) is 20.0 Å². The molecule has 0 aromatic rings. The van der Waals surface area contributed by atoms with E-state index in [9.17, 15) is 9.90 Å². The normalized spacial score (nSPS) is 29.9. The Morgan fingerprint density at radius 2 is 2.08 bits per heavy atom. The highest BCUT2D eigenvalue weighted by molar-refractivity contribution is 5.78. The van der Waals surface area contributed by atoms with E-state index >= 15 is 0 Å². The lowest BCUT2D eigenvalue weighted by Crippen LogP contribution is -2.34. The molecule has 0 spiro atoms. The van der Waals surface area contributed by atoms with Crippen LogP contribution in [0.15, 0.2) is 0 Å². The minimum atomic E-state index is -0.257. The predicted octanol–water partition coefficient (Wildman–Crippen LogP) is 0.626. The van der Waals surface area contributed by atoms with Crippen molar-refractivity contribution in [3.8, 4) is 0 Å². The van der Waals surface area contributed by atoms with E-state index < -0.39 is 0 Å². The third kappa shape index (κ3) is 2.21. The van der Waals surface area contributed by atoms with Crippen LogP contribution in [-0.2, 0) is 4.79 Å². The molecule has 1 N–H and O–H groups in total. The molecule has 3 heteroatoms. The minimum Gasteiger partial charge on any atom is -0.393 e. The van der Waals surface area contributed by atoms with Gasteiger partial charge in [-0.25, -0.2) is 0 Å². The summed E-state index contributed by atoms with van der Waals surface area (Å²) in [4.78, 5) is 13.1. The molecule has 2 atom stereocenters. The van der Waals surface area contributed by atoms with Crippen LogP contribution in [0.5, 0.6) is 0 Å². The zero-order chi connectivity index (χ0) is 9.14. The molecule has 3 nitrogen and oxygen atoms in total. The lowest BCUT2D eigenvalue weighted by atomic mass is 9.86. The van der Waals surface area contributed by atoms with E-state index in [0.717, 1.165) is 19.3 Å². The van der Waals surface area contributed by atoms with Gasteiger partial charge in [-0.15, -0.1) is 0 Å². The Morgan fingerprint density at radius 3 is 2.58 bits per heavy atom. The molecular weight excluding hydrogens is 154 g/mol. The highest BCUT2D eigenvalue weighted by Gasteiger charge is 2.26. The lowest BCUT2D eigenvalue weighted by molar-refractivity contribution is -0.135. The summed E-state index contributed by atoms with van der Waals surface area (Å²) in [7, 11) is 3.53. The molecule has 0 heterocycles. The van der Waals surface area contributed by atoms with Crippen LogP contribution in [0.2, 0.25) is 0 Å². The van der Waals surface area contributed by atoms with Crippen molar-refractivity contribution in [3.05, 3.63) is 0 Å². The maximum atomic E-state index is 11.5. The monoisotopic (exact) mass is 171 g/mol. The summed E-state index contributed by atoms with van der Waals surface area (Å²) in [5.74, 6) is 0.220. The van der Waals surface area contributed by atoms with Gasteiger partial charge in [-0.2, -0.15) is 0 Å². The second-order valence-electron chi connectivity index (χ2n) is 3.75. The van der Waals surface area contributed by atoms with Crippen LogP contribution in [0.4, 0.5) is 0 Å². The molecule has 0 radical (unpaired) electrons. The van der Waals surface area contributed by atoms with Crippen LogP contribution < -0.4 is 0 Å². The van der Waals surface area contributed by atoms with Gasteiger partial charge < -0.3 is 10.0 Å². The van der Waals surface area contributed by atoms with Crippen molar-refractivity contribution in [2.75, 3.05) is 14.1 Å². The first-order valence-corrected chi connectivity index (χ1v) is 4.50. The molecule has 0 aliphatic heterocycles. The summed E-state index contributed by atoms with van der Waals surface area (Å²) < 4.78 is 0. The van der Waals surface area contributed by atoms with Gasteiger partial charge in [-0.05, 0) is 19.3 Å². The fourth-order valence-corrected chi connectivity index (χ4v) is 1.75. The zero-order valence-corrected chi connectivity index (χ0v) is 7.79. The fourth-order valence-electron chi connectivity index (χ4n) is 1.75. The summed E-state index contributed by atoms with van der Waals surface area (Å²) >= 11 is 0. The van der Waals surface area contributed by atoms with Gasteiger partial charge in [0.1, 0.15) is 0 Å². The molecule has 0 saturated heterocycles. The first kappa shape index (κ1) is 9.52. The van der Waals surface area contributed by atoms with E-state index in [1.165, 1.54) is 0 Å². The average Bonchev–Trinajstić information content (AvgIpc) is 2.03. The number of aliphatic hydroxyl groups excluding tert-OH is 1.